The monoisotopic (exact) mass is 240 g/mol. The minimum Gasteiger partial charge on any atom is -0.398 e. The Hall–Kier alpha value is -0.540. The summed E-state index contributed by atoms with van der Waals surface area (Å²) in [5.74, 6) is 0. The second-order valence-electron chi connectivity index (χ2n) is 3.51. The lowest BCUT2D eigenvalue weighted by Crippen LogP contribution is -2.15. The lowest BCUT2D eigenvalue weighted by atomic mass is 10.2. The van der Waals surface area contributed by atoms with Gasteiger partial charge < -0.3 is 11.1 Å². The van der Waals surface area contributed by atoms with Crippen molar-refractivity contribution in [3.05, 3.63) is 28.2 Å². The normalized spacial score (nSPS) is 16.1. The first-order valence-corrected chi connectivity index (χ1v) is 5.32. The van der Waals surface area contributed by atoms with Crippen LogP contribution in [-0.2, 0) is 6.54 Å². The number of rotatable bonds is 3. The maximum atomic E-state index is 5.69. The highest BCUT2D eigenvalue weighted by Crippen LogP contribution is 2.22. The molecule has 1 aromatic rings. The quantitative estimate of drug-likeness (QED) is 0.797. The molecule has 3 heteroatoms. The van der Waals surface area contributed by atoms with E-state index in [-0.39, 0.29) is 0 Å². The summed E-state index contributed by atoms with van der Waals surface area (Å²) < 4.78 is 0.989. The third kappa shape index (κ3) is 2.45. The predicted octanol–water partition coefficient (Wildman–Crippen LogP) is 2.28. The first kappa shape index (κ1) is 9.03. The number of hydrogen-bond donors (Lipinski definition) is 2. The van der Waals surface area contributed by atoms with E-state index in [1.807, 2.05) is 6.07 Å². The van der Waals surface area contributed by atoms with Gasteiger partial charge in [0.25, 0.3) is 0 Å². The Kier molecular flexibility index (Phi) is 2.56. The van der Waals surface area contributed by atoms with Gasteiger partial charge in [-0.2, -0.15) is 0 Å². The van der Waals surface area contributed by atoms with E-state index in [2.05, 4.69) is 33.4 Å². The van der Waals surface area contributed by atoms with Crippen molar-refractivity contribution in [2.75, 3.05) is 5.73 Å². The minimum absolute atomic E-state index is 0.760. The molecule has 1 aromatic carbocycles. The van der Waals surface area contributed by atoms with E-state index >= 15 is 0 Å². The largest absolute Gasteiger partial charge is 0.398 e. The van der Waals surface area contributed by atoms with Crippen molar-refractivity contribution in [3.63, 3.8) is 0 Å². The van der Waals surface area contributed by atoms with Crippen molar-refractivity contribution in [2.45, 2.75) is 25.4 Å². The van der Waals surface area contributed by atoms with Crippen LogP contribution >= 0.6 is 15.9 Å². The molecular formula is C10H13BrN2. The van der Waals surface area contributed by atoms with Crippen LogP contribution in [0.5, 0.6) is 0 Å². The zero-order valence-electron chi connectivity index (χ0n) is 7.39. The average Bonchev–Trinajstić information content (AvgIpc) is 2.91. The van der Waals surface area contributed by atoms with Gasteiger partial charge in [0.1, 0.15) is 0 Å². The Balaban J connectivity index is 1.98. The summed E-state index contributed by atoms with van der Waals surface area (Å²) in [4.78, 5) is 0. The maximum absolute atomic E-state index is 5.69. The molecule has 1 saturated carbocycles. The van der Waals surface area contributed by atoms with Crippen LogP contribution in [0.15, 0.2) is 22.7 Å². The van der Waals surface area contributed by atoms with Gasteiger partial charge in [-0.25, -0.2) is 0 Å². The number of benzene rings is 1. The molecule has 0 spiro atoms. The van der Waals surface area contributed by atoms with Gasteiger partial charge in [0.2, 0.25) is 0 Å². The van der Waals surface area contributed by atoms with Gasteiger partial charge in [0, 0.05) is 22.7 Å². The molecule has 0 heterocycles. The molecular weight excluding hydrogens is 228 g/mol. The van der Waals surface area contributed by atoms with Crippen molar-refractivity contribution in [1.82, 2.24) is 5.32 Å². The van der Waals surface area contributed by atoms with E-state index < -0.39 is 0 Å². The van der Waals surface area contributed by atoms with Gasteiger partial charge in [-0.05, 0) is 46.5 Å². The van der Waals surface area contributed by atoms with Crippen molar-refractivity contribution in [3.8, 4) is 0 Å². The molecule has 0 atom stereocenters. The van der Waals surface area contributed by atoms with E-state index in [1.165, 1.54) is 18.4 Å². The highest BCUT2D eigenvalue weighted by molar-refractivity contribution is 9.10. The number of nitrogen functional groups attached to an aromatic ring is 1. The molecule has 0 amide bonds. The van der Waals surface area contributed by atoms with Crippen molar-refractivity contribution in [2.24, 2.45) is 0 Å². The molecule has 0 unspecified atom stereocenters. The molecule has 70 valence electrons. The summed E-state index contributed by atoms with van der Waals surface area (Å²) in [7, 11) is 0. The van der Waals surface area contributed by atoms with Crippen LogP contribution in [0.4, 0.5) is 5.69 Å². The molecule has 0 aromatic heterocycles. The first-order chi connectivity index (χ1) is 6.25. The van der Waals surface area contributed by atoms with Gasteiger partial charge in [0.05, 0.1) is 0 Å². The lowest BCUT2D eigenvalue weighted by molar-refractivity contribution is 0.688. The number of hydrogen-bond acceptors (Lipinski definition) is 2. The van der Waals surface area contributed by atoms with Crippen molar-refractivity contribution in [1.29, 1.82) is 0 Å². The molecule has 13 heavy (non-hydrogen) atoms. The Morgan fingerprint density at radius 1 is 1.46 bits per heavy atom. The second kappa shape index (κ2) is 3.68. The topological polar surface area (TPSA) is 38.0 Å². The molecule has 2 nitrogen and oxygen atoms in total. The predicted molar refractivity (Wildman–Crippen MR) is 58.4 cm³/mol. The smallest absolute Gasteiger partial charge is 0.0458 e. The van der Waals surface area contributed by atoms with Gasteiger partial charge >= 0.3 is 0 Å². The molecule has 3 N–H and O–H groups in total. The molecule has 0 bridgehead atoms. The van der Waals surface area contributed by atoms with E-state index in [0.717, 1.165) is 22.7 Å². The van der Waals surface area contributed by atoms with Crippen LogP contribution in [0.2, 0.25) is 0 Å². The highest BCUT2D eigenvalue weighted by atomic mass is 79.9. The standard InChI is InChI=1S/C10H13BrN2/c11-9-5-7(1-4-10(9)12)6-13-8-2-3-8/h1,4-5,8,13H,2-3,6,12H2. The molecule has 1 fully saturated rings. The fourth-order valence-corrected chi connectivity index (χ4v) is 1.66. The van der Waals surface area contributed by atoms with E-state index in [9.17, 15) is 0 Å². The van der Waals surface area contributed by atoms with Crippen LogP contribution in [0.1, 0.15) is 18.4 Å². The van der Waals surface area contributed by atoms with E-state index in [4.69, 9.17) is 5.73 Å². The number of halogens is 1. The van der Waals surface area contributed by atoms with E-state index in [1.54, 1.807) is 0 Å². The second-order valence-corrected chi connectivity index (χ2v) is 4.37. The highest BCUT2D eigenvalue weighted by Gasteiger charge is 2.19. The molecule has 0 radical (unpaired) electrons. The minimum atomic E-state index is 0.760. The third-order valence-electron chi connectivity index (χ3n) is 2.24. The van der Waals surface area contributed by atoms with Crippen LogP contribution in [-0.4, -0.2) is 6.04 Å². The number of anilines is 1. The Bertz CT molecular complexity index is 308. The Morgan fingerprint density at radius 3 is 2.85 bits per heavy atom. The van der Waals surface area contributed by atoms with Crippen LogP contribution in [0, 0.1) is 0 Å². The summed E-state index contributed by atoms with van der Waals surface area (Å²) in [6, 6.07) is 6.84. The zero-order chi connectivity index (χ0) is 9.26. The van der Waals surface area contributed by atoms with Gasteiger partial charge in [0.15, 0.2) is 0 Å². The van der Waals surface area contributed by atoms with Gasteiger partial charge in [-0.15, -0.1) is 0 Å². The average molecular weight is 241 g/mol. The first-order valence-electron chi connectivity index (χ1n) is 4.53. The SMILES string of the molecule is Nc1ccc(CNC2CC2)cc1Br. The lowest BCUT2D eigenvalue weighted by Gasteiger charge is -2.04. The fraction of sp³-hybridized carbons (Fsp3) is 0.400. The van der Waals surface area contributed by atoms with Gasteiger partial charge in [-0.3, -0.25) is 0 Å². The third-order valence-corrected chi connectivity index (χ3v) is 2.92. The Morgan fingerprint density at radius 2 is 2.23 bits per heavy atom. The van der Waals surface area contributed by atoms with Crippen LogP contribution in [0.3, 0.4) is 0 Å². The van der Waals surface area contributed by atoms with Crippen molar-refractivity contribution >= 4 is 21.6 Å². The number of nitrogens with two attached hydrogens (primary N) is 1. The Labute approximate surface area is 86.6 Å². The summed E-state index contributed by atoms with van der Waals surface area (Å²) in [6.45, 7) is 0.948. The molecule has 0 aliphatic heterocycles. The summed E-state index contributed by atoms with van der Waals surface area (Å²) in [5, 5.41) is 3.46. The van der Waals surface area contributed by atoms with Crippen LogP contribution in [0.25, 0.3) is 0 Å². The molecule has 1 aliphatic rings. The summed E-state index contributed by atoms with van der Waals surface area (Å²) in [5.41, 5.74) is 7.78. The molecule has 1 aliphatic carbocycles. The van der Waals surface area contributed by atoms with Gasteiger partial charge in [-0.1, -0.05) is 6.07 Å². The summed E-state index contributed by atoms with van der Waals surface area (Å²) in [6.07, 6.45) is 2.66. The number of nitrogens with one attached hydrogen (secondary N) is 1. The molecule has 0 saturated heterocycles. The van der Waals surface area contributed by atoms with Crippen LogP contribution < -0.4 is 11.1 Å². The van der Waals surface area contributed by atoms with Crippen molar-refractivity contribution < 1.29 is 0 Å². The zero-order valence-corrected chi connectivity index (χ0v) is 8.97. The molecule has 2 rings (SSSR count). The van der Waals surface area contributed by atoms with E-state index in [0.29, 0.717) is 0 Å². The maximum Gasteiger partial charge on any atom is 0.0458 e. The summed E-state index contributed by atoms with van der Waals surface area (Å²) >= 11 is 3.42. The fourth-order valence-electron chi connectivity index (χ4n) is 1.23.